The number of H-pyrrole nitrogens is 1. The Bertz CT molecular complexity index is 1120. The van der Waals surface area contributed by atoms with Crippen molar-refractivity contribution in [3.05, 3.63) is 63.4 Å². The number of benzene rings is 2. The molecule has 2 atom stereocenters. The van der Waals surface area contributed by atoms with Crippen LogP contribution < -0.4 is 10.6 Å². The second kappa shape index (κ2) is 8.08. The van der Waals surface area contributed by atoms with Gasteiger partial charge in [-0.25, -0.2) is 4.98 Å². The summed E-state index contributed by atoms with van der Waals surface area (Å²) in [6.45, 7) is 1.82. The van der Waals surface area contributed by atoms with Gasteiger partial charge in [-0.05, 0) is 43.2 Å². The first kappa shape index (κ1) is 20.4. The molecule has 2 aromatic carbocycles. The molecular weight excluding hydrogens is 427 g/mol. The van der Waals surface area contributed by atoms with E-state index < -0.39 is 0 Å². The summed E-state index contributed by atoms with van der Waals surface area (Å²) in [6, 6.07) is 9.98. The Kier molecular flexibility index (Phi) is 5.49. The van der Waals surface area contributed by atoms with Crippen molar-refractivity contribution in [2.24, 2.45) is 5.92 Å². The molecule has 0 radical (unpaired) electrons. The Morgan fingerprint density at radius 3 is 2.57 bits per heavy atom. The van der Waals surface area contributed by atoms with Crippen molar-refractivity contribution in [3.63, 3.8) is 0 Å². The largest absolute Gasteiger partial charge is 0.342 e. The predicted octanol–water partition coefficient (Wildman–Crippen LogP) is 3.57. The number of nitrogens with one attached hydrogen (secondary N) is 3. The molecule has 1 aliphatic heterocycles. The molecule has 4 rings (SSSR count). The maximum atomic E-state index is 12.6. The first-order valence-corrected chi connectivity index (χ1v) is 10.1. The second-order valence-corrected chi connectivity index (χ2v) is 8.13. The van der Waals surface area contributed by atoms with Gasteiger partial charge in [0.25, 0.3) is 5.91 Å². The molecule has 30 heavy (non-hydrogen) atoms. The summed E-state index contributed by atoms with van der Waals surface area (Å²) in [5.41, 5.74) is 2.78. The number of aromatic amines is 1. The second-order valence-electron chi connectivity index (χ2n) is 7.32. The Labute approximate surface area is 182 Å². The fourth-order valence-electron chi connectivity index (χ4n) is 3.43. The van der Waals surface area contributed by atoms with Gasteiger partial charge in [0.2, 0.25) is 11.8 Å². The molecule has 3 amide bonds. The molecule has 3 aromatic rings. The molecule has 7 nitrogen and oxygen atoms in total. The lowest BCUT2D eigenvalue weighted by molar-refractivity contribution is -0.125. The third-order valence-electron chi connectivity index (χ3n) is 5.06. The highest BCUT2D eigenvalue weighted by molar-refractivity contribution is 6.42. The molecule has 9 heteroatoms. The van der Waals surface area contributed by atoms with Crippen molar-refractivity contribution < 1.29 is 14.4 Å². The number of fused-ring (bicyclic) bond motifs is 1. The van der Waals surface area contributed by atoms with Gasteiger partial charge in [-0.3, -0.25) is 19.7 Å². The summed E-state index contributed by atoms with van der Waals surface area (Å²) < 4.78 is 0. The number of amides is 3. The lowest BCUT2D eigenvalue weighted by Gasteiger charge is -2.12. The summed E-state index contributed by atoms with van der Waals surface area (Å²) in [7, 11) is 0. The summed E-state index contributed by atoms with van der Waals surface area (Å²) in [6.07, 6.45) is 0.659. The average molecular weight is 445 g/mol. The van der Waals surface area contributed by atoms with Crippen molar-refractivity contribution in [1.29, 1.82) is 0 Å². The standard InChI is InChI=1S/C21H18Cl2N4O3/c1-10(19-25-16-8-14(22)15(23)9-17(16)26-19)24-20(29)12-4-2-11(3-5-12)6-13-7-18(28)27-21(13)30/h2-5,8-10,13H,6-7H2,1H3,(H,24,29)(H,25,26)(H,27,28,30). The number of hydrogen-bond donors (Lipinski definition) is 3. The van der Waals surface area contributed by atoms with Crippen LogP contribution in [-0.2, 0) is 16.0 Å². The van der Waals surface area contributed by atoms with Gasteiger partial charge in [-0.2, -0.15) is 0 Å². The topological polar surface area (TPSA) is 104 Å². The van der Waals surface area contributed by atoms with E-state index in [4.69, 9.17) is 23.2 Å². The number of nitrogens with zero attached hydrogens (tertiary/aromatic N) is 1. The SMILES string of the molecule is CC(NC(=O)c1ccc(CC2CC(=O)NC2=O)cc1)c1nc2cc(Cl)c(Cl)cc2[nH]1. The van der Waals surface area contributed by atoms with Crippen LogP contribution in [0.2, 0.25) is 10.0 Å². The van der Waals surface area contributed by atoms with Crippen molar-refractivity contribution in [1.82, 2.24) is 20.6 Å². The molecule has 0 spiro atoms. The maximum absolute atomic E-state index is 12.6. The van der Waals surface area contributed by atoms with E-state index >= 15 is 0 Å². The van der Waals surface area contributed by atoms with E-state index in [0.29, 0.717) is 33.4 Å². The van der Waals surface area contributed by atoms with Crippen molar-refractivity contribution in [2.45, 2.75) is 25.8 Å². The number of imidazole rings is 1. The van der Waals surface area contributed by atoms with Crippen LogP contribution in [0, 0.1) is 5.92 Å². The molecule has 2 heterocycles. The van der Waals surface area contributed by atoms with Gasteiger partial charge >= 0.3 is 0 Å². The molecule has 154 valence electrons. The number of aromatic nitrogens is 2. The first-order valence-electron chi connectivity index (χ1n) is 9.38. The zero-order valence-electron chi connectivity index (χ0n) is 16.0. The number of hydrogen-bond acceptors (Lipinski definition) is 4. The third-order valence-corrected chi connectivity index (χ3v) is 5.79. The normalized spacial score (nSPS) is 17.2. The Balaban J connectivity index is 1.42. The maximum Gasteiger partial charge on any atom is 0.251 e. The summed E-state index contributed by atoms with van der Waals surface area (Å²) in [4.78, 5) is 43.2. The Hall–Kier alpha value is -2.90. The van der Waals surface area contributed by atoms with Crippen LogP contribution in [0.5, 0.6) is 0 Å². The number of imide groups is 1. The first-order chi connectivity index (χ1) is 14.3. The van der Waals surface area contributed by atoms with E-state index in [-0.39, 0.29) is 36.1 Å². The van der Waals surface area contributed by atoms with Crippen LogP contribution in [-0.4, -0.2) is 27.7 Å². The average Bonchev–Trinajstić information content (AvgIpc) is 3.24. The fraction of sp³-hybridized carbons (Fsp3) is 0.238. The van der Waals surface area contributed by atoms with E-state index in [1.165, 1.54) is 0 Å². The monoisotopic (exact) mass is 444 g/mol. The van der Waals surface area contributed by atoms with Gasteiger partial charge in [-0.1, -0.05) is 35.3 Å². The van der Waals surface area contributed by atoms with Gasteiger partial charge in [-0.15, -0.1) is 0 Å². The Morgan fingerprint density at radius 1 is 1.20 bits per heavy atom. The van der Waals surface area contributed by atoms with Gasteiger partial charge < -0.3 is 10.3 Å². The van der Waals surface area contributed by atoms with Gasteiger partial charge in [0.15, 0.2) is 0 Å². The van der Waals surface area contributed by atoms with E-state index in [2.05, 4.69) is 20.6 Å². The van der Waals surface area contributed by atoms with Gasteiger partial charge in [0, 0.05) is 12.0 Å². The lowest BCUT2D eigenvalue weighted by atomic mass is 9.97. The van der Waals surface area contributed by atoms with E-state index in [9.17, 15) is 14.4 Å². The highest BCUT2D eigenvalue weighted by Crippen LogP contribution is 2.27. The van der Waals surface area contributed by atoms with E-state index in [1.54, 1.807) is 36.4 Å². The molecule has 1 aromatic heterocycles. The minimum Gasteiger partial charge on any atom is -0.342 e. The highest BCUT2D eigenvalue weighted by atomic mass is 35.5. The van der Waals surface area contributed by atoms with Crippen molar-refractivity contribution in [3.8, 4) is 0 Å². The molecule has 0 bridgehead atoms. The van der Waals surface area contributed by atoms with E-state index in [1.807, 2.05) is 6.92 Å². The zero-order chi connectivity index (χ0) is 21.4. The minimum absolute atomic E-state index is 0.201. The molecule has 1 fully saturated rings. The predicted molar refractivity (Wildman–Crippen MR) is 113 cm³/mol. The molecule has 0 aliphatic carbocycles. The van der Waals surface area contributed by atoms with Crippen molar-refractivity contribution >= 4 is 52.0 Å². The van der Waals surface area contributed by atoms with Gasteiger partial charge in [0.1, 0.15) is 5.82 Å². The zero-order valence-corrected chi connectivity index (χ0v) is 17.5. The Morgan fingerprint density at radius 2 is 1.90 bits per heavy atom. The van der Waals surface area contributed by atoms with Crippen LogP contribution in [0.4, 0.5) is 0 Å². The number of carbonyl (C=O) groups excluding carboxylic acids is 3. The van der Waals surface area contributed by atoms with E-state index in [0.717, 1.165) is 11.1 Å². The molecule has 3 N–H and O–H groups in total. The number of halogens is 2. The quantitative estimate of drug-likeness (QED) is 0.523. The van der Waals surface area contributed by atoms with Crippen LogP contribution >= 0.6 is 23.2 Å². The summed E-state index contributed by atoms with van der Waals surface area (Å²) in [5, 5.41) is 6.05. The van der Waals surface area contributed by atoms with Crippen LogP contribution in [0.25, 0.3) is 11.0 Å². The minimum atomic E-state index is -0.365. The third kappa shape index (κ3) is 4.17. The molecule has 0 saturated carbocycles. The highest BCUT2D eigenvalue weighted by Gasteiger charge is 2.30. The fourth-order valence-corrected chi connectivity index (χ4v) is 3.75. The van der Waals surface area contributed by atoms with Crippen molar-refractivity contribution in [2.75, 3.05) is 0 Å². The lowest BCUT2D eigenvalue weighted by Crippen LogP contribution is -2.27. The number of carbonyl (C=O) groups is 3. The molecule has 1 aliphatic rings. The molecule has 2 unspecified atom stereocenters. The smallest absolute Gasteiger partial charge is 0.251 e. The van der Waals surface area contributed by atoms with Crippen LogP contribution in [0.3, 0.4) is 0 Å². The number of rotatable bonds is 5. The summed E-state index contributed by atoms with van der Waals surface area (Å²) in [5.74, 6) is -0.508. The van der Waals surface area contributed by atoms with Gasteiger partial charge in [0.05, 0.1) is 33.0 Å². The summed E-state index contributed by atoms with van der Waals surface area (Å²) >= 11 is 12.1. The van der Waals surface area contributed by atoms with Crippen LogP contribution in [0.1, 0.15) is 41.1 Å². The molecule has 1 saturated heterocycles. The molecular formula is C21H18Cl2N4O3. The van der Waals surface area contributed by atoms with Crippen LogP contribution in [0.15, 0.2) is 36.4 Å².